The summed E-state index contributed by atoms with van der Waals surface area (Å²) in [6.45, 7) is 0.530. The highest BCUT2D eigenvalue weighted by atomic mass is 16.2. The van der Waals surface area contributed by atoms with E-state index in [0.717, 1.165) is 12.8 Å². The smallest absolute Gasteiger partial charge is 0.245 e. The monoisotopic (exact) mass is 285 g/mol. The van der Waals surface area contributed by atoms with Crippen LogP contribution in [0.25, 0.3) is 0 Å². The topological polar surface area (TPSA) is 73.2 Å². The molecule has 5 nitrogen and oxygen atoms in total. The zero-order valence-electron chi connectivity index (χ0n) is 12.1. The number of nitrogens with zero attached hydrogens (tertiary/aromatic N) is 2. The number of likely N-dealkylation sites (tertiary alicyclic amines) is 1. The van der Waals surface area contributed by atoms with Crippen LogP contribution in [0.4, 0.5) is 0 Å². The summed E-state index contributed by atoms with van der Waals surface area (Å²) in [6, 6.07) is 10.6. The van der Waals surface area contributed by atoms with Crippen LogP contribution in [-0.4, -0.2) is 36.3 Å². The molecule has 1 saturated heterocycles. The summed E-state index contributed by atoms with van der Waals surface area (Å²) >= 11 is 0. The number of rotatable bonds is 3. The lowest BCUT2D eigenvalue weighted by molar-refractivity contribution is -0.142. The average molecular weight is 285 g/mol. The molecule has 0 aromatic heterocycles. The molecule has 1 fully saturated rings. The maximum absolute atomic E-state index is 12.7. The zero-order chi connectivity index (χ0) is 15.2. The minimum atomic E-state index is -0.851. The maximum atomic E-state index is 12.7. The van der Waals surface area contributed by atoms with Crippen LogP contribution in [0.15, 0.2) is 30.3 Å². The normalized spacial score (nSPS) is 19.4. The fourth-order valence-electron chi connectivity index (χ4n) is 2.72. The van der Waals surface area contributed by atoms with E-state index in [0.29, 0.717) is 18.5 Å². The first-order chi connectivity index (χ1) is 10.2. The standard InChI is InChI=1S/C16H19N3O2/c1-18-15(20)14-9-5-6-10-19(14)16(21)13(11-17)12-7-3-2-4-8-12/h2-4,7-8,13-14H,5-6,9-10H2,1H3,(H,18,20). The molecule has 2 rings (SSSR count). The largest absolute Gasteiger partial charge is 0.357 e. The molecule has 0 spiro atoms. The fraction of sp³-hybridized carbons (Fsp3) is 0.438. The van der Waals surface area contributed by atoms with Gasteiger partial charge in [0.2, 0.25) is 11.8 Å². The highest BCUT2D eigenvalue weighted by Crippen LogP contribution is 2.24. The van der Waals surface area contributed by atoms with Crippen LogP contribution in [0.2, 0.25) is 0 Å². The molecule has 1 aliphatic rings. The molecule has 2 amide bonds. The SMILES string of the molecule is CNC(=O)C1CCCCN1C(=O)C(C#N)c1ccccc1. The minimum absolute atomic E-state index is 0.159. The number of nitriles is 1. The van der Waals surface area contributed by atoms with Crippen molar-refractivity contribution >= 4 is 11.8 Å². The second-order valence-electron chi connectivity index (χ2n) is 5.13. The summed E-state index contributed by atoms with van der Waals surface area (Å²) in [6.07, 6.45) is 2.44. The number of benzene rings is 1. The van der Waals surface area contributed by atoms with E-state index in [1.165, 1.54) is 0 Å². The van der Waals surface area contributed by atoms with Crippen LogP contribution in [0, 0.1) is 11.3 Å². The predicted octanol–water partition coefficient (Wildman–Crippen LogP) is 1.42. The molecule has 0 bridgehead atoms. The maximum Gasteiger partial charge on any atom is 0.245 e. The zero-order valence-corrected chi connectivity index (χ0v) is 12.1. The van der Waals surface area contributed by atoms with E-state index in [2.05, 4.69) is 11.4 Å². The molecule has 0 saturated carbocycles. The van der Waals surface area contributed by atoms with Gasteiger partial charge in [-0.3, -0.25) is 9.59 Å². The van der Waals surface area contributed by atoms with Gasteiger partial charge in [0.15, 0.2) is 0 Å². The molecule has 1 aromatic rings. The summed E-state index contributed by atoms with van der Waals surface area (Å²) in [5.41, 5.74) is 0.672. The first-order valence-corrected chi connectivity index (χ1v) is 7.15. The van der Waals surface area contributed by atoms with Gasteiger partial charge in [-0.05, 0) is 24.8 Å². The molecule has 1 aliphatic heterocycles. The van der Waals surface area contributed by atoms with Crippen molar-refractivity contribution in [2.24, 2.45) is 0 Å². The van der Waals surface area contributed by atoms with E-state index >= 15 is 0 Å². The first-order valence-electron chi connectivity index (χ1n) is 7.15. The molecule has 1 heterocycles. The van der Waals surface area contributed by atoms with Gasteiger partial charge in [0.05, 0.1) is 6.07 Å². The van der Waals surface area contributed by atoms with Crippen LogP contribution in [0.5, 0.6) is 0 Å². The Labute approximate surface area is 124 Å². The van der Waals surface area contributed by atoms with Crippen LogP contribution < -0.4 is 5.32 Å². The molecule has 110 valence electrons. The number of nitrogens with one attached hydrogen (secondary N) is 1. The number of carbonyl (C=O) groups excluding carboxylic acids is 2. The summed E-state index contributed by atoms with van der Waals surface area (Å²) in [5, 5.41) is 12.0. The number of carbonyl (C=O) groups is 2. The third-order valence-electron chi connectivity index (χ3n) is 3.84. The molecule has 5 heteroatoms. The molecule has 0 aliphatic carbocycles. The van der Waals surface area contributed by atoms with Crippen molar-refractivity contribution in [3.63, 3.8) is 0 Å². The highest BCUT2D eigenvalue weighted by Gasteiger charge is 2.35. The van der Waals surface area contributed by atoms with Crippen molar-refractivity contribution in [2.45, 2.75) is 31.2 Å². The van der Waals surface area contributed by atoms with E-state index in [-0.39, 0.29) is 11.8 Å². The van der Waals surface area contributed by atoms with Gasteiger partial charge in [-0.2, -0.15) is 5.26 Å². The van der Waals surface area contributed by atoms with Gasteiger partial charge in [0, 0.05) is 13.6 Å². The van der Waals surface area contributed by atoms with E-state index < -0.39 is 12.0 Å². The van der Waals surface area contributed by atoms with Gasteiger partial charge in [-0.15, -0.1) is 0 Å². The number of hydrogen-bond donors (Lipinski definition) is 1. The first kappa shape index (κ1) is 15.0. The summed E-state index contributed by atoms with van der Waals surface area (Å²) in [5.74, 6) is -1.29. The fourth-order valence-corrected chi connectivity index (χ4v) is 2.72. The molecule has 1 N–H and O–H groups in total. The lowest BCUT2D eigenvalue weighted by atomic mass is 9.95. The van der Waals surface area contributed by atoms with Crippen LogP contribution in [-0.2, 0) is 9.59 Å². The van der Waals surface area contributed by atoms with Crippen molar-refractivity contribution in [1.29, 1.82) is 5.26 Å². The van der Waals surface area contributed by atoms with Crippen molar-refractivity contribution in [3.05, 3.63) is 35.9 Å². The Balaban J connectivity index is 2.23. The summed E-state index contributed by atoms with van der Waals surface area (Å²) in [4.78, 5) is 26.2. The number of likely N-dealkylation sites (N-methyl/N-ethyl adjacent to an activating group) is 1. The number of amides is 2. The lowest BCUT2D eigenvalue weighted by Crippen LogP contribution is -2.52. The minimum Gasteiger partial charge on any atom is -0.357 e. The number of hydrogen-bond acceptors (Lipinski definition) is 3. The van der Waals surface area contributed by atoms with Crippen molar-refractivity contribution in [1.82, 2.24) is 10.2 Å². The Kier molecular flexibility index (Phi) is 4.94. The third kappa shape index (κ3) is 3.22. The molecular formula is C16H19N3O2. The number of piperidine rings is 1. The van der Waals surface area contributed by atoms with Crippen molar-refractivity contribution < 1.29 is 9.59 Å². The second kappa shape index (κ2) is 6.89. The highest BCUT2D eigenvalue weighted by molar-refractivity contribution is 5.92. The average Bonchev–Trinajstić information content (AvgIpc) is 2.55. The van der Waals surface area contributed by atoms with E-state index in [1.807, 2.05) is 6.07 Å². The van der Waals surface area contributed by atoms with E-state index in [9.17, 15) is 14.9 Å². The van der Waals surface area contributed by atoms with Crippen LogP contribution >= 0.6 is 0 Å². The van der Waals surface area contributed by atoms with E-state index in [1.54, 1.807) is 36.2 Å². The Bertz CT molecular complexity index is 550. The second-order valence-corrected chi connectivity index (χ2v) is 5.13. The van der Waals surface area contributed by atoms with Gasteiger partial charge in [0.25, 0.3) is 0 Å². The van der Waals surface area contributed by atoms with Gasteiger partial charge in [-0.1, -0.05) is 30.3 Å². The Morgan fingerprint density at radius 3 is 2.67 bits per heavy atom. The van der Waals surface area contributed by atoms with Crippen molar-refractivity contribution in [2.75, 3.05) is 13.6 Å². The molecule has 0 radical (unpaired) electrons. The molecular weight excluding hydrogens is 266 g/mol. The molecule has 2 unspecified atom stereocenters. The van der Waals surface area contributed by atoms with Crippen LogP contribution in [0.3, 0.4) is 0 Å². The van der Waals surface area contributed by atoms with Gasteiger partial charge >= 0.3 is 0 Å². The Morgan fingerprint density at radius 1 is 1.33 bits per heavy atom. The van der Waals surface area contributed by atoms with Gasteiger partial charge in [-0.25, -0.2) is 0 Å². The Hall–Kier alpha value is -2.35. The molecule has 1 aromatic carbocycles. The predicted molar refractivity (Wildman–Crippen MR) is 78.2 cm³/mol. The molecule has 21 heavy (non-hydrogen) atoms. The van der Waals surface area contributed by atoms with E-state index in [4.69, 9.17) is 0 Å². The molecule has 2 atom stereocenters. The van der Waals surface area contributed by atoms with Crippen molar-refractivity contribution in [3.8, 4) is 6.07 Å². The lowest BCUT2D eigenvalue weighted by Gasteiger charge is -2.35. The Morgan fingerprint density at radius 2 is 2.05 bits per heavy atom. The van der Waals surface area contributed by atoms with Crippen LogP contribution in [0.1, 0.15) is 30.7 Å². The quantitative estimate of drug-likeness (QED) is 0.912. The summed E-state index contributed by atoms with van der Waals surface area (Å²) < 4.78 is 0. The summed E-state index contributed by atoms with van der Waals surface area (Å²) in [7, 11) is 1.57. The van der Waals surface area contributed by atoms with Gasteiger partial charge < -0.3 is 10.2 Å². The van der Waals surface area contributed by atoms with Gasteiger partial charge in [0.1, 0.15) is 12.0 Å². The third-order valence-corrected chi connectivity index (χ3v) is 3.84.